The number of nitrogens with zero attached hydrogens (tertiary/aromatic N) is 1. The van der Waals surface area contributed by atoms with Crippen LogP contribution in [0.3, 0.4) is 0 Å². The van der Waals surface area contributed by atoms with E-state index in [4.69, 9.17) is 9.47 Å². The zero-order valence-corrected chi connectivity index (χ0v) is 17.9. The molecule has 1 aliphatic heterocycles. The predicted molar refractivity (Wildman–Crippen MR) is 114 cm³/mol. The van der Waals surface area contributed by atoms with Gasteiger partial charge in [0.15, 0.2) is 22.2 Å². The number of anilines is 1. The van der Waals surface area contributed by atoms with Gasteiger partial charge in [-0.3, -0.25) is 9.59 Å². The second-order valence-electron chi connectivity index (χ2n) is 7.11. The van der Waals surface area contributed by atoms with Gasteiger partial charge in [-0.15, -0.1) is 0 Å². The van der Waals surface area contributed by atoms with Crippen molar-refractivity contribution in [3.05, 3.63) is 54.1 Å². The van der Waals surface area contributed by atoms with E-state index in [2.05, 4.69) is 0 Å². The first-order chi connectivity index (χ1) is 14.3. The van der Waals surface area contributed by atoms with E-state index in [0.29, 0.717) is 35.6 Å². The largest absolute Gasteiger partial charge is 0.497 e. The third-order valence-corrected chi connectivity index (χ3v) is 6.80. The Bertz CT molecular complexity index is 999. The van der Waals surface area contributed by atoms with Gasteiger partial charge in [0.1, 0.15) is 11.5 Å². The molecular weight excluding hydrogens is 406 g/mol. The van der Waals surface area contributed by atoms with Crippen molar-refractivity contribution in [1.82, 2.24) is 0 Å². The summed E-state index contributed by atoms with van der Waals surface area (Å²) in [7, 11) is -1.62. The summed E-state index contributed by atoms with van der Waals surface area (Å²) in [4.78, 5) is 26.2. The minimum absolute atomic E-state index is 0.0331. The number of carbonyl (C=O) groups is 2. The van der Waals surface area contributed by atoms with E-state index in [0.717, 1.165) is 0 Å². The van der Waals surface area contributed by atoms with E-state index in [-0.39, 0.29) is 29.8 Å². The quantitative estimate of drug-likeness (QED) is 0.597. The molecule has 2 aromatic rings. The fourth-order valence-corrected chi connectivity index (χ4v) is 5.14. The third-order valence-electron chi connectivity index (χ3n) is 5.05. The molecule has 0 unspecified atom stereocenters. The van der Waals surface area contributed by atoms with E-state index in [1.807, 2.05) is 0 Å². The van der Waals surface area contributed by atoms with Crippen LogP contribution >= 0.6 is 0 Å². The summed E-state index contributed by atoms with van der Waals surface area (Å²) in [5.41, 5.74) is 1.18. The predicted octanol–water partition coefficient (Wildman–Crippen LogP) is 2.89. The molecule has 1 heterocycles. The van der Waals surface area contributed by atoms with Crippen molar-refractivity contribution < 1.29 is 27.5 Å². The number of Topliss-reactive ketones (excluding diaryl/α,β-unsaturated/α-hetero) is 1. The van der Waals surface area contributed by atoms with Crippen molar-refractivity contribution in [2.75, 3.05) is 30.1 Å². The molecule has 0 aliphatic carbocycles. The zero-order valence-electron chi connectivity index (χ0n) is 17.0. The Morgan fingerprint density at radius 3 is 2.20 bits per heavy atom. The van der Waals surface area contributed by atoms with Crippen LogP contribution in [0.4, 0.5) is 5.69 Å². The third kappa shape index (κ3) is 5.18. The molecule has 2 aromatic carbocycles. The van der Waals surface area contributed by atoms with Gasteiger partial charge in [-0.25, -0.2) is 8.42 Å². The van der Waals surface area contributed by atoms with Gasteiger partial charge < -0.3 is 14.4 Å². The van der Waals surface area contributed by atoms with Crippen LogP contribution in [-0.4, -0.2) is 51.4 Å². The molecule has 30 heavy (non-hydrogen) atoms. The number of methoxy groups -OCH3 is 1. The Morgan fingerprint density at radius 2 is 1.67 bits per heavy atom. The Morgan fingerprint density at radius 1 is 1.03 bits per heavy atom. The Hall–Kier alpha value is -2.87. The Balaban J connectivity index is 1.75. The average molecular weight is 432 g/mol. The van der Waals surface area contributed by atoms with Gasteiger partial charge in [0.05, 0.1) is 24.7 Å². The number of amides is 1. The summed E-state index contributed by atoms with van der Waals surface area (Å²) < 4.78 is 34.7. The lowest BCUT2D eigenvalue weighted by Gasteiger charge is -2.28. The normalized spacial score (nSPS) is 17.3. The number of hydrogen-bond acceptors (Lipinski definition) is 6. The van der Waals surface area contributed by atoms with E-state index < -0.39 is 15.9 Å². The molecule has 0 spiro atoms. The van der Waals surface area contributed by atoms with Gasteiger partial charge in [-0.1, -0.05) is 6.92 Å². The SMILES string of the molecule is CCC(=O)c1ccc(OCC(=O)N(c2ccc(OC)cc2)[C@H]2CCS(=O)(=O)C2)cc1. The second kappa shape index (κ2) is 9.30. The summed E-state index contributed by atoms with van der Waals surface area (Å²) in [5.74, 6) is 0.791. The number of sulfone groups is 1. The van der Waals surface area contributed by atoms with E-state index in [1.165, 1.54) is 4.90 Å². The van der Waals surface area contributed by atoms with Crippen LogP contribution < -0.4 is 14.4 Å². The van der Waals surface area contributed by atoms with Crippen molar-refractivity contribution in [2.24, 2.45) is 0 Å². The van der Waals surface area contributed by atoms with Gasteiger partial charge in [0.25, 0.3) is 5.91 Å². The highest BCUT2D eigenvalue weighted by atomic mass is 32.2. The molecule has 0 N–H and O–H groups in total. The van der Waals surface area contributed by atoms with E-state index >= 15 is 0 Å². The van der Waals surface area contributed by atoms with Gasteiger partial charge in [0.2, 0.25) is 0 Å². The minimum Gasteiger partial charge on any atom is -0.497 e. The van der Waals surface area contributed by atoms with E-state index in [1.54, 1.807) is 62.6 Å². The Labute approximate surface area is 176 Å². The van der Waals surface area contributed by atoms with Crippen molar-refractivity contribution in [3.8, 4) is 11.5 Å². The van der Waals surface area contributed by atoms with Gasteiger partial charge in [0, 0.05) is 17.7 Å². The molecule has 0 radical (unpaired) electrons. The number of rotatable bonds is 8. The van der Waals surface area contributed by atoms with Gasteiger partial charge in [-0.05, 0) is 55.0 Å². The lowest BCUT2D eigenvalue weighted by atomic mass is 10.1. The number of ketones is 1. The smallest absolute Gasteiger partial charge is 0.265 e. The zero-order chi connectivity index (χ0) is 21.7. The molecule has 160 valence electrons. The maximum Gasteiger partial charge on any atom is 0.265 e. The fraction of sp³-hybridized carbons (Fsp3) is 0.364. The molecule has 8 heteroatoms. The molecule has 0 bridgehead atoms. The average Bonchev–Trinajstić information content (AvgIpc) is 3.11. The van der Waals surface area contributed by atoms with Crippen molar-refractivity contribution >= 4 is 27.2 Å². The molecule has 0 aromatic heterocycles. The van der Waals surface area contributed by atoms with Crippen molar-refractivity contribution in [2.45, 2.75) is 25.8 Å². The van der Waals surface area contributed by atoms with Crippen LogP contribution in [0.5, 0.6) is 11.5 Å². The number of carbonyl (C=O) groups excluding carboxylic acids is 2. The molecule has 1 atom stereocenters. The van der Waals surface area contributed by atoms with Crippen LogP contribution in [0.1, 0.15) is 30.1 Å². The fourth-order valence-electron chi connectivity index (χ4n) is 3.44. The minimum atomic E-state index is -3.17. The van der Waals surface area contributed by atoms with Crippen LogP contribution in [-0.2, 0) is 14.6 Å². The first kappa shape index (κ1) is 21.8. The number of benzene rings is 2. The van der Waals surface area contributed by atoms with Crippen LogP contribution in [0, 0.1) is 0 Å². The number of ether oxygens (including phenoxy) is 2. The maximum atomic E-state index is 13.0. The molecule has 1 fully saturated rings. The molecule has 1 amide bonds. The second-order valence-corrected chi connectivity index (χ2v) is 9.34. The highest BCUT2D eigenvalue weighted by Crippen LogP contribution is 2.27. The first-order valence-electron chi connectivity index (χ1n) is 9.75. The van der Waals surface area contributed by atoms with Crippen LogP contribution in [0.25, 0.3) is 0 Å². The summed E-state index contributed by atoms with van der Waals surface area (Å²) >= 11 is 0. The summed E-state index contributed by atoms with van der Waals surface area (Å²) in [6, 6.07) is 13.1. The summed E-state index contributed by atoms with van der Waals surface area (Å²) in [5, 5.41) is 0. The van der Waals surface area contributed by atoms with Crippen LogP contribution in [0.15, 0.2) is 48.5 Å². The lowest BCUT2D eigenvalue weighted by molar-refractivity contribution is -0.121. The van der Waals surface area contributed by atoms with Gasteiger partial charge >= 0.3 is 0 Å². The van der Waals surface area contributed by atoms with E-state index in [9.17, 15) is 18.0 Å². The molecule has 3 rings (SSSR count). The number of hydrogen-bond donors (Lipinski definition) is 0. The Kier molecular flexibility index (Phi) is 6.77. The van der Waals surface area contributed by atoms with Crippen LogP contribution in [0.2, 0.25) is 0 Å². The molecule has 1 aliphatic rings. The molecule has 0 saturated carbocycles. The summed E-state index contributed by atoms with van der Waals surface area (Å²) in [6.45, 7) is 1.55. The standard InChI is InChI=1S/C22H25NO6S/c1-3-21(24)16-4-8-20(9-5-16)29-14-22(25)23(18-12-13-30(26,27)15-18)17-6-10-19(28-2)11-7-17/h4-11,18H,3,12-15H2,1-2H3/t18-/m0/s1. The van der Waals surface area contributed by atoms with Crippen molar-refractivity contribution in [3.63, 3.8) is 0 Å². The molecular formula is C22H25NO6S. The maximum absolute atomic E-state index is 13.0. The monoisotopic (exact) mass is 431 g/mol. The lowest BCUT2D eigenvalue weighted by Crippen LogP contribution is -2.43. The molecule has 1 saturated heterocycles. The van der Waals surface area contributed by atoms with Gasteiger partial charge in [-0.2, -0.15) is 0 Å². The summed E-state index contributed by atoms with van der Waals surface area (Å²) in [6.07, 6.45) is 0.799. The van der Waals surface area contributed by atoms with Crippen molar-refractivity contribution in [1.29, 1.82) is 0 Å². The first-order valence-corrected chi connectivity index (χ1v) is 11.6. The highest BCUT2D eigenvalue weighted by molar-refractivity contribution is 7.91. The molecule has 7 nitrogen and oxygen atoms in total. The topological polar surface area (TPSA) is 90.0 Å². The highest BCUT2D eigenvalue weighted by Gasteiger charge is 2.35.